The lowest BCUT2D eigenvalue weighted by Crippen LogP contribution is -2.37. The largest absolute Gasteiger partial charge is 0.368 e. The van der Waals surface area contributed by atoms with Gasteiger partial charge in [-0.1, -0.05) is 0 Å². The Hall–Kier alpha value is -1.36. The van der Waals surface area contributed by atoms with Crippen molar-refractivity contribution in [1.29, 1.82) is 0 Å². The maximum atomic E-state index is 5.57. The Bertz CT molecular complexity index is 354. The minimum absolute atomic E-state index is 0.337. The van der Waals surface area contributed by atoms with Crippen molar-refractivity contribution in [2.24, 2.45) is 0 Å². The van der Waals surface area contributed by atoms with Crippen LogP contribution >= 0.6 is 0 Å². The average Bonchev–Trinajstić information content (AvgIpc) is 2.64. The molecule has 0 saturated carbocycles. The molecule has 1 unspecified atom stereocenters. The first-order valence-electron chi connectivity index (χ1n) is 5.66. The van der Waals surface area contributed by atoms with Gasteiger partial charge in [0.1, 0.15) is 5.82 Å². The van der Waals surface area contributed by atoms with E-state index in [-0.39, 0.29) is 0 Å². The van der Waals surface area contributed by atoms with Crippen molar-refractivity contribution in [3.8, 4) is 0 Å². The van der Waals surface area contributed by atoms with E-state index < -0.39 is 0 Å². The second-order valence-corrected chi connectivity index (χ2v) is 4.43. The molecule has 1 atom stereocenters. The van der Waals surface area contributed by atoms with E-state index >= 15 is 0 Å². The van der Waals surface area contributed by atoms with Crippen molar-refractivity contribution in [3.63, 3.8) is 0 Å². The molecule has 1 saturated heterocycles. The molecule has 2 rings (SSSR count). The smallest absolute Gasteiger partial charge is 0.221 e. The van der Waals surface area contributed by atoms with Gasteiger partial charge in [0.25, 0.3) is 0 Å². The lowest BCUT2D eigenvalue weighted by atomic mass is 10.2. The Kier molecular flexibility index (Phi) is 3.24. The summed E-state index contributed by atoms with van der Waals surface area (Å²) < 4.78 is 0. The Morgan fingerprint density at radius 2 is 2.44 bits per heavy atom. The van der Waals surface area contributed by atoms with Crippen molar-refractivity contribution in [2.75, 3.05) is 37.8 Å². The van der Waals surface area contributed by atoms with Gasteiger partial charge in [-0.25, -0.2) is 4.98 Å². The van der Waals surface area contributed by atoms with Gasteiger partial charge >= 0.3 is 0 Å². The van der Waals surface area contributed by atoms with Crippen LogP contribution in [0.1, 0.15) is 12.8 Å². The molecule has 5 heteroatoms. The highest BCUT2D eigenvalue weighted by Gasteiger charge is 2.22. The zero-order valence-electron chi connectivity index (χ0n) is 9.93. The standard InChI is InChI=1S/C11H19N5/c1-15-7-3-4-9(15)8-16(2)10-5-6-13-11(12)14-10/h5-6,9H,3-4,7-8H2,1-2H3,(H2,12,13,14). The Morgan fingerprint density at radius 1 is 1.62 bits per heavy atom. The van der Waals surface area contributed by atoms with Crippen molar-refractivity contribution in [3.05, 3.63) is 12.3 Å². The third-order valence-electron chi connectivity index (χ3n) is 3.21. The third-order valence-corrected chi connectivity index (χ3v) is 3.21. The molecule has 0 bridgehead atoms. The number of likely N-dealkylation sites (tertiary alicyclic amines) is 1. The number of likely N-dealkylation sites (N-methyl/N-ethyl adjacent to an activating group) is 2. The number of anilines is 2. The van der Waals surface area contributed by atoms with E-state index in [1.807, 2.05) is 13.1 Å². The molecule has 2 heterocycles. The summed E-state index contributed by atoms with van der Waals surface area (Å²) in [5, 5.41) is 0. The molecule has 5 nitrogen and oxygen atoms in total. The van der Waals surface area contributed by atoms with Crippen LogP contribution in [0.2, 0.25) is 0 Å². The van der Waals surface area contributed by atoms with Crippen LogP contribution in [-0.2, 0) is 0 Å². The highest BCUT2D eigenvalue weighted by Crippen LogP contribution is 2.18. The number of aromatic nitrogens is 2. The van der Waals surface area contributed by atoms with Crippen LogP contribution < -0.4 is 10.6 Å². The van der Waals surface area contributed by atoms with Crippen molar-refractivity contribution >= 4 is 11.8 Å². The molecule has 16 heavy (non-hydrogen) atoms. The molecule has 1 aromatic rings. The van der Waals surface area contributed by atoms with Crippen LogP contribution in [0.25, 0.3) is 0 Å². The van der Waals surface area contributed by atoms with Gasteiger partial charge in [0.2, 0.25) is 5.95 Å². The van der Waals surface area contributed by atoms with E-state index in [4.69, 9.17) is 5.73 Å². The summed E-state index contributed by atoms with van der Waals surface area (Å²) in [7, 11) is 4.23. The van der Waals surface area contributed by atoms with Crippen molar-refractivity contribution in [2.45, 2.75) is 18.9 Å². The van der Waals surface area contributed by atoms with Gasteiger partial charge in [-0.05, 0) is 32.5 Å². The molecule has 1 fully saturated rings. The maximum absolute atomic E-state index is 5.57. The first-order valence-corrected chi connectivity index (χ1v) is 5.66. The van der Waals surface area contributed by atoms with Gasteiger partial charge < -0.3 is 15.5 Å². The number of rotatable bonds is 3. The number of nitrogens with two attached hydrogens (primary N) is 1. The van der Waals surface area contributed by atoms with Gasteiger partial charge in [-0.2, -0.15) is 4.98 Å². The van der Waals surface area contributed by atoms with E-state index in [0.717, 1.165) is 12.4 Å². The summed E-state index contributed by atoms with van der Waals surface area (Å²) in [5.41, 5.74) is 5.57. The molecule has 1 aliphatic rings. The summed E-state index contributed by atoms with van der Waals surface area (Å²) in [6.07, 6.45) is 4.26. The number of hydrogen-bond acceptors (Lipinski definition) is 5. The Morgan fingerprint density at radius 3 is 3.06 bits per heavy atom. The normalized spacial score (nSPS) is 21.2. The summed E-state index contributed by atoms with van der Waals surface area (Å²) in [6, 6.07) is 2.52. The van der Waals surface area contributed by atoms with E-state index in [1.165, 1.54) is 19.4 Å². The minimum atomic E-state index is 0.337. The summed E-state index contributed by atoms with van der Waals surface area (Å²) in [6.45, 7) is 2.19. The fraction of sp³-hybridized carbons (Fsp3) is 0.636. The first kappa shape index (κ1) is 11.1. The summed E-state index contributed by atoms with van der Waals surface area (Å²) >= 11 is 0. The van der Waals surface area contributed by atoms with Crippen LogP contribution in [0, 0.1) is 0 Å². The first-order chi connectivity index (χ1) is 7.66. The minimum Gasteiger partial charge on any atom is -0.368 e. The second-order valence-electron chi connectivity index (χ2n) is 4.43. The van der Waals surface area contributed by atoms with Gasteiger partial charge in [0, 0.05) is 25.8 Å². The molecule has 0 aromatic carbocycles. The predicted molar refractivity (Wildman–Crippen MR) is 65.4 cm³/mol. The molecule has 1 aliphatic heterocycles. The van der Waals surface area contributed by atoms with E-state index in [1.54, 1.807) is 6.20 Å². The maximum Gasteiger partial charge on any atom is 0.221 e. The zero-order valence-corrected chi connectivity index (χ0v) is 9.93. The van der Waals surface area contributed by atoms with Crippen LogP contribution in [-0.4, -0.2) is 48.1 Å². The monoisotopic (exact) mass is 221 g/mol. The van der Waals surface area contributed by atoms with Gasteiger partial charge in [-0.15, -0.1) is 0 Å². The number of nitrogen functional groups attached to an aromatic ring is 1. The molecule has 0 amide bonds. The molecular weight excluding hydrogens is 202 g/mol. The van der Waals surface area contributed by atoms with E-state index in [9.17, 15) is 0 Å². The Labute approximate surface area is 96.3 Å². The lowest BCUT2D eigenvalue weighted by molar-refractivity contribution is 0.314. The van der Waals surface area contributed by atoms with Gasteiger partial charge in [0.15, 0.2) is 0 Å². The predicted octanol–water partition coefficient (Wildman–Crippen LogP) is 0.589. The quantitative estimate of drug-likeness (QED) is 0.809. The molecule has 0 spiro atoms. The van der Waals surface area contributed by atoms with Crippen LogP contribution in [0.4, 0.5) is 11.8 Å². The molecule has 0 aliphatic carbocycles. The fourth-order valence-electron chi connectivity index (χ4n) is 2.20. The van der Waals surface area contributed by atoms with E-state index in [2.05, 4.69) is 26.8 Å². The van der Waals surface area contributed by atoms with Crippen LogP contribution in [0.3, 0.4) is 0 Å². The Balaban J connectivity index is 1.99. The molecule has 2 N–H and O–H groups in total. The van der Waals surface area contributed by atoms with E-state index in [0.29, 0.717) is 12.0 Å². The van der Waals surface area contributed by atoms with Gasteiger partial charge in [-0.3, -0.25) is 0 Å². The topological polar surface area (TPSA) is 58.3 Å². The fourth-order valence-corrected chi connectivity index (χ4v) is 2.20. The second kappa shape index (κ2) is 4.65. The summed E-state index contributed by atoms with van der Waals surface area (Å²) in [4.78, 5) is 12.7. The SMILES string of the molecule is CN(CC1CCCN1C)c1ccnc(N)n1. The molecule has 1 aromatic heterocycles. The molecular formula is C11H19N5. The third kappa shape index (κ3) is 2.41. The number of nitrogens with zero attached hydrogens (tertiary/aromatic N) is 4. The zero-order chi connectivity index (χ0) is 11.5. The van der Waals surface area contributed by atoms with Crippen LogP contribution in [0.5, 0.6) is 0 Å². The van der Waals surface area contributed by atoms with Crippen molar-refractivity contribution in [1.82, 2.24) is 14.9 Å². The molecule has 88 valence electrons. The van der Waals surface area contributed by atoms with Crippen molar-refractivity contribution < 1.29 is 0 Å². The highest BCUT2D eigenvalue weighted by atomic mass is 15.2. The lowest BCUT2D eigenvalue weighted by Gasteiger charge is -2.26. The number of hydrogen-bond donors (Lipinski definition) is 1. The van der Waals surface area contributed by atoms with Crippen LogP contribution in [0.15, 0.2) is 12.3 Å². The van der Waals surface area contributed by atoms with Gasteiger partial charge in [0.05, 0.1) is 0 Å². The highest BCUT2D eigenvalue weighted by molar-refractivity contribution is 5.40. The summed E-state index contributed by atoms with van der Waals surface area (Å²) in [5.74, 6) is 1.23. The average molecular weight is 221 g/mol. The molecule has 0 radical (unpaired) electrons.